The lowest BCUT2D eigenvalue weighted by molar-refractivity contribution is -0.132. The van der Waals surface area contributed by atoms with Crippen molar-refractivity contribution in [3.8, 4) is 0 Å². The van der Waals surface area contributed by atoms with E-state index in [1.54, 1.807) is 6.92 Å². The quantitative estimate of drug-likeness (QED) is 0.606. The molecule has 11 heavy (non-hydrogen) atoms. The molecule has 0 aliphatic rings. The van der Waals surface area contributed by atoms with Crippen LogP contribution in [0.1, 0.15) is 27.2 Å². The molecule has 0 rings (SSSR count). The Balaban J connectivity index is 4.40. The zero-order chi connectivity index (χ0) is 8.85. The van der Waals surface area contributed by atoms with Crippen molar-refractivity contribution in [3.63, 3.8) is 0 Å². The van der Waals surface area contributed by atoms with E-state index in [2.05, 4.69) is 5.32 Å². The first-order valence-corrected chi connectivity index (χ1v) is 3.80. The number of hydrogen-bond donors (Lipinski definition) is 2. The Bertz CT molecular complexity index is 173. The number of aliphatic carboxylic acids is 1. The monoisotopic (exact) mass is 157 g/mol. The average Bonchev–Trinajstić information content (AvgIpc) is 1.88. The molecule has 0 unspecified atom stereocenters. The van der Waals surface area contributed by atoms with Crippen LogP contribution in [0.5, 0.6) is 0 Å². The topological polar surface area (TPSA) is 49.3 Å². The van der Waals surface area contributed by atoms with Gasteiger partial charge in [0.25, 0.3) is 0 Å². The van der Waals surface area contributed by atoms with Gasteiger partial charge in [-0.1, -0.05) is 6.92 Å². The van der Waals surface area contributed by atoms with Gasteiger partial charge in [-0.3, -0.25) is 0 Å². The molecule has 0 saturated heterocycles. The van der Waals surface area contributed by atoms with Crippen LogP contribution in [0.3, 0.4) is 0 Å². The van der Waals surface area contributed by atoms with Gasteiger partial charge in [-0.2, -0.15) is 0 Å². The maximum absolute atomic E-state index is 10.5. The molecule has 0 bridgehead atoms. The summed E-state index contributed by atoms with van der Waals surface area (Å²) in [5.41, 5.74) is 1.23. The van der Waals surface area contributed by atoms with Crippen LogP contribution in [-0.4, -0.2) is 17.6 Å². The van der Waals surface area contributed by atoms with Gasteiger partial charge in [-0.15, -0.1) is 0 Å². The minimum atomic E-state index is -0.828. The van der Waals surface area contributed by atoms with E-state index >= 15 is 0 Å². The SMILES string of the molecule is CCNC(C)=C(CC)C(=O)O. The predicted molar refractivity (Wildman–Crippen MR) is 44.3 cm³/mol. The fourth-order valence-electron chi connectivity index (χ4n) is 0.949. The zero-order valence-electron chi connectivity index (χ0n) is 7.27. The van der Waals surface area contributed by atoms with Gasteiger partial charge in [-0.05, 0) is 20.3 Å². The van der Waals surface area contributed by atoms with Crippen molar-refractivity contribution in [3.05, 3.63) is 11.3 Å². The van der Waals surface area contributed by atoms with E-state index in [0.717, 1.165) is 12.2 Å². The summed E-state index contributed by atoms with van der Waals surface area (Å²) in [5.74, 6) is -0.828. The highest BCUT2D eigenvalue weighted by Gasteiger charge is 2.07. The minimum Gasteiger partial charge on any atom is -0.478 e. The summed E-state index contributed by atoms with van der Waals surface area (Å²) in [6, 6.07) is 0. The standard InChI is InChI=1S/C8H15NO2/c1-4-7(8(10)11)6(3)9-5-2/h9H,4-5H2,1-3H3,(H,10,11). The molecule has 0 aromatic rings. The van der Waals surface area contributed by atoms with Gasteiger partial charge in [0.05, 0.1) is 5.57 Å². The Hall–Kier alpha value is -0.990. The minimum absolute atomic E-state index is 0.465. The van der Waals surface area contributed by atoms with Crippen LogP contribution < -0.4 is 5.32 Å². The lowest BCUT2D eigenvalue weighted by atomic mass is 10.1. The molecule has 0 fully saturated rings. The van der Waals surface area contributed by atoms with Crippen molar-refractivity contribution < 1.29 is 9.90 Å². The Morgan fingerprint density at radius 2 is 2.00 bits per heavy atom. The van der Waals surface area contributed by atoms with Crippen LogP contribution in [-0.2, 0) is 4.79 Å². The normalized spacial score (nSPS) is 12.3. The van der Waals surface area contributed by atoms with Gasteiger partial charge < -0.3 is 10.4 Å². The highest BCUT2D eigenvalue weighted by Crippen LogP contribution is 2.05. The maximum Gasteiger partial charge on any atom is 0.333 e. The molecular weight excluding hydrogens is 142 g/mol. The van der Waals surface area contributed by atoms with E-state index in [0.29, 0.717) is 12.0 Å². The van der Waals surface area contributed by atoms with Gasteiger partial charge in [-0.25, -0.2) is 4.79 Å². The highest BCUT2D eigenvalue weighted by atomic mass is 16.4. The van der Waals surface area contributed by atoms with Gasteiger partial charge in [0, 0.05) is 12.2 Å². The molecule has 0 aliphatic carbocycles. The molecule has 0 aromatic carbocycles. The molecule has 3 heteroatoms. The van der Waals surface area contributed by atoms with E-state index in [-0.39, 0.29) is 0 Å². The van der Waals surface area contributed by atoms with Crippen molar-refractivity contribution in [2.75, 3.05) is 6.54 Å². The van der Waals surface area contributed by atoms with E-state index < -0.39 is 5.97 Å². The summed E-state index contributed by atoms with van der Waals surface area (Å²) in [6.07, 6.45) is 0.564. The number of rotatable bonds is 4. The molecule has 0 atom stereocenters. The van der Waals surface area contributed by atoms with E-state index in [1.807, 2.05) is 13.8 Å². The Kier molecular flexibility index (Phi) is 4.34. The lowest BCUT2D eigenvalue weighted by Crippen LogP contribution is -2.15. The largest absolute Gasteiger partial charge is 0.478 e. The van der Waals surface area contributed by atoms with Crippen LogP contribution in [0.25, 0.3) is 0 Å². The van der Waals surface area contributed by atoms with Gasteiger partial charge in [0.2, 0.25) is 0 Å². The lowest BCUT2D eigenvalue weighted by Gasteiger charge is -2.06. The molecule has 0 aromatic heterocycles. The Morgan fingerprint density at radius 1 is 1.45 bits per heavy atom. The summed E-state index contributed by atoms with van der Waals surface area (Å²) < 4.78 is 0. The molecule has 2 N–H and O–H groups in total. The third-order valence-corrected chi connectivity index (χ3v) is 1.51. The maximum atomic E-state index is 10.5. The van der Waals surface area contributed by atoms with Crippen molar-refractivity contribution >= 4 is 5.97 Å². The van der Waals surface area contributed by atoms with Gasteiger partial charge in [0.15, 0.2) is 0 Å². The fourth-order valence-corrected chi connectivity index (χ4v) is 0.949. The van der Waals surface area contributed by atoms with E-state index in [9.17, 15) is 4.79 Å². The number of nitrogens with one attached hydrogen (secondary N) is 1. The first kappa shape index (κ1) is 10.0. The third kappa shape index (κ3) is 3.07. The molecule has 3 nitrogen and oxygen atoms in total. The first-order valence-electron chi connectivity index (χ1n) is 3.80. The van der Waals surface area contributed by atoms with E-state index in [4.69, 9.17) is 5.11 Å². The third-order valence-electron chi connectivity index (χ3n) is 1.51. The van der Waals surface area contributed by atoms with Gasteiger partial charge >= 0.3 is 5.97 Å². The first-order chi connectivity index (χ1) is 5.13. The van der Waals surface area contributed by atoms with Crippen LogP contribution in [0.15, 0.2) is 11.3 Å². The highest BCUT2D eigenvalue weighted by molar-refractivity contribution is 5.87. The molecule has 0 radical (unpaired) electrons. The number of carboxylic acid groups (broad SMARTS) is 1. The van der Waals surface area contributed by atoms with E-state index in [1.165, 1.54) is 0 Å². The molecule has 0 heterocycles. The van der Waals surface area contributed by atoms with Gasteiger partial charge in [0.1, 0.15) is 0 Å². The Labute approximate surface area is 67.1 Å². The van der Waals surface area contributed by atoms with Crippen molar-refractivity contribution in [1.29, 1.82) is 0 Å². The summed E-state index contributed by atoms with van der Waals surface area (Å²) in [5, 5.41) is 11.6. The number of carbonyl (C=O) groups is 1. The molecular formula is C8H15NO2. The van der Waals surface area contributed by atoms with Crippen LogP contribution in [0.2, 0.25) is 0 Å². The Morgan fingerprint density at radius 3 is 2.27 bits per heavy atom. The van der Waals surface area contributed by atoms with Crippen LogP contribution in [0, 0.1) is 0 Å². The van der Waals surface area contributed by atoms with Crippen molar-refractivity contribution in [1.82, 2.24) is 5.32 Å². The molecule has 0 spiro atoms. The number of hydrogen-bond acceptors (Lipinski definition) is 2. The zero-order valence-corrected chi connectivity index (χ0v) is 7.27. The fraction of sp³-hybridized carbons (Fsp3) is 0.625. The van der Waals surface area contributed by atoms with Crippen LogP contribution >= 0.6 is 0 Å². The second-order valence-corrected chi connectivity index (χ2v) is 2.29. The number of allylic oxidation sites excluding steroid dienone is 1. The summed E-state index contributed by atoms with van der Waals surface area (Å²) in [6.45, 7) is 6.34. The summed E-state index contributed by atoms with van der Waals surface area (Å²) in [7, 11) is 0. The second kappa shape index (κ2) is 4.77. The molecule has 0 amide bonds. The summed E-state index contributed by atoms with van der Waals surface area (Å²) in [4.78, 5) is 10.5. The average molecular weight is 157 g/mol. The predicted octanol–water partition coefficient (Wildman–Crippen LogP) is 1.36. The van der Waals surface area contributed by atoms with Crippen molar-refractivity contribution in [2.45, 2.75) is 27.2 Å². The van der Waals surface area contributed by atoms with Crippen molar-refractivity contribution in [2.24, 2.45) is 0 Å². The summed E-state index contributed by atoms with van der Waals surface area (Å²) >= 11 is 0. The smallest absolute Gasteiger partial charge is 0.333 e. The molecule has 0 saturated carbocycles. The van der Waals surface area contributed by atoms with Crippen LogP contribution in [0.4, 0.5) is 0 Å². The number of carboxylic acids is 1. The second-order valence-electron chi connectivity index (χ2n) is 2.29. The molecule has 64 valence electrons. The molecule has 0 aliphatic heterocycles.